The van der Waals surface area contributed by atoms with Crippen LogP contribution in [0.4, 0.5) is 5.69 Å². The molecule has 1 unspecified atom stereocenters. The first kappa shape index (κ1) is 17.2. The molecule has 1 aromatic carbocycles. The highest BCUT2D eigenvalue weighted by Gasteiger charge is 2.45. The number of nitrogens with one attached hydrogen (secondary N) is 1. The van der Waals surface area contributed by atoms with Gasteiger partial charge in [-0.25, -0.2) is 0 Å². The zero-order chi connectivity index (χ0) is 17.1. The van der Waals surface area contributed by atoms with Gasteiger partial charge in [-0.15, -0.1) is 0 Å². The van der Waals surface area contributed by atoms with Crippen molar-refractivity contribution in [2.75, 3.05) is 32.6 Å². The van der Waals surface area contributed by atoms with Crippen molar-refractivity contribution in [3.63, 3.8) is 0 Å². The van der Waals surface area contributed by atoms with Crippen LogP contribution in [0.5, 0.6) is 5.75 Å². The summed E-state index contributed by atoms with van der Waals surface area (Å²) < 4.78 is 5.58. The van der Waals surface area contributed by atoms with Gasteiger partial charge in [0.1, 0.15) is 18.5 Å². The number of anilines is 1. The standard InChI is InChI=1S/C19H28N2O3/c1-21(2)11-16(22)12-24-17-9-7-15(8-10-17)20-19(23)18(13-3-4-13)14-5-6-14/h7-10,13-14,16,18,22H,3-6,11-12H2,1-2H3,(H,20,23). The molecule has 0 aliphatic heterocycles. The van der Waals surface area contributed by atoms with Crippen molar-refractivity contribution >= 4 is 11.6 Å². The average Bonchev–Trinajstić information content (AvgIpc) is 3.41. The molecule has 5 nitrogen and oxygen atoms in total. The van der Waals surface area contributed by atoms with Crippen molar-refractivity contribution in [3.8, 4) is 5.75 Å². The zero-order valence-electron chi connectivity index (χ0n) is 14.6. The average molecular weight is 332 g/mol. The molecule has 3 rings (SSSR count). The number of carbonyl (C=O) groups is 1. The van der Waals surface area contributed by atoms with E-state index in [1.165, 1.54) is 25.7 Å². The first-order chi connectivity index (χ1) is 11.5. The molecular formula is C19H28N2O3. The Labute approximate surface area is 144 Å². The van der Waals surface area contributed by atoms with Gasteiger partial charge >= 0.3 is 0 Å². The molecule has 0 radical (unpaired) electrons. The fourth-order valence-electron chi connectivity index (χ4n) is 3.25. The van der Waals surface area contributed by atoms with Crippen molar-refractivity contribution in [1.29, 1.82) is 0 Å². The minimum Gasteiger partial charge on any atom is -0.491 e. The summed E-state index contributed by atoms with van der Waals surface area (Å²) in [5, 5.41) is 12.9. The summed E-state index contributed by atoms with van der Waals surface area (Å²) >= 11 is 0. The lowest BCUT2D eigenvalue weighted by Gasteiger charge is -2.17. The van der Waals surface area contributed by atoms with Gasteiger partial charge in [0.2, 0.25) is 5.91 Å². The van der Waals surface area contributed by atoms with E-state index in [2.05, 4.69) is 5.32 Å². The second-order valence-electron chi connectivity index (χ2n) is 7.44. The lowest BCUT2D eigenvalue weighted by Crippen LogP contribution is -2.30. The molecule has 2 aliphatic rings. The molecule has 2 fully saturated rings. The monoisotopic (exact) mass is 332 g/mol. The Kier molecular flexibility index (Phi) is 5.41. The van der Waals surface area contributed by atoms with Crippen molar-refractivity contribution in [3.05, 3.63) is 24.3 Å². The van der Waals surface area contributed by atoms with Crippen LogP contribution in [0.1, 0.15) is 25.7 Å². The molecule has 2 aliphatic carbocycles. The van der Waals surface area contributed by atoms with E-state index in [0.29, 0.717) is 24.1 Å². The topological polar surface area (TPSA) is 61.8 Å². The van der Waals surface area contributed by atoms with E-state index in [1.807, 2.05) is 43.3 Å². The molecular weight excluding hydrogens is 304 g/mol. The number of benzene rings is 1. The molecule has 2 saturated carbocycles. The first-order valence-corrected chi connectivity index (χ1v) is 8.89. The van der Waals surface area contributed by atoms with Gasteiger partial charge in [0, 0.05) is 18.2 Å². The van der Waals surface area contributed by atoms with Gasteiger partial charge in [-0.2, -0.15) is 0 Å². The number of ether oxygens (including phenoxy) is 1. The third-order valence-corrected chi connectivity index (χ3v) is 4.70. The first-order valence-electron chi connectivity index (χ1n) is 8.89. The van der Waals surface area contributed by atoms with Crippen LogP contribution in [0.3, 0.4) is 0 Å². The SMILES string of the molecule is CN(C)CC(O)COc1ccc(NC(=O)C(C2CC2)C2CC2)cc1. The van der Waals surface area contributed by atoms with E-state index < -0.39 is 6.10 Å². The fourth-order valence-corrected chi connectivity index (χ4v) is 3.25. The maximum atomic E-state index is 12.5. The number of aliphatic hydroxyl groups excluding tert-OH is 1. The Morgan fingerprint density at radius 1 is 1.21 bits per heavy atom. The highest BCUT2D eigenvalue weighted by Crippen LogP contribution is 2.49. The van der Waals surface area contributed by atoms with Crippen molar-refractivity contribution in [1.82, 2.24) is 4.90 Å². The lowest BCUT2D eigenvalue weighted by molar-refractivity contribution is -0.121. The summed E-state index contributed by atoms with van der Waals surface area (Å²) in [4.78, 5) is 14.4. The van der Waals surface area contributed by atoms with E-state index in [0.717, 1.165) is 5.69 Å². The molecule has 1 amide bonds. The predicted octanol–water partition coefficient (Wildman–Crippen LogP) is 2.36. The molecule has 0 saturated heterocycles. The molecule has 24 heavy (non-hydrogen) atoms. The number of likely N-dealkylation sites (N-methyl/N-ethyl adjacent to an activating group) is 1. The van der Waals surface area contributed by atoms with Gasteiger partial charge in [-0.1, -0.05) is 0 Å². The highest BCUT2D eigenvalue weighted by atomic mass is 16.5. The van der Waals surface area contributed by atoms with Gasteiger partial charge in [-0.05, 0) is 75.9 Å². The third kappa shape index (κ3) is 4.95. The summed E-state index contributed by atoms with van der Waals surface area (Å²) in [6.45, 7) is 0.827. The number of rotatable bonds is 9. The Hall–Kier alpha value is -1.59. The minimum absolute atomic E-state index is 0.176. The second kappa shape index (κ2) is 7.53. The smallest absolute Gasteiger partial charge is 0.228 e. The van der Waals surface area contributed by atoms with Gasteiger partial charge < -0.3 is 20.1 Å². The number of carbonyl (C=O) groups excluding carboxylic acids is 1. The minimum atomic E-state index is -0.516. The summed E-state index contributed by atoms with van der Waals surface area (Å²) in [5.74, 6) is 2.31. The number of amides is 1. The van der Waals surface area contributed by atoms with Crippen LogP contribution in [0.15, 0.2) is 24.3 Å². The highest BCUT2D eigenvalue weighted by molar-refractivity contribution is 5.93. The Balaban J connectivity index is 1.48. The Morgan fingerprint density at radius 3 is 2.29 bits per heavy atom. The van der Waals surface area contributed by atoms with E-state index in [9.17, 15) is 9.90 Å². The predicted molar refractivity (Wildman–Crippen MR) is 94.1 cm³/mol. The summed E-state index contributed by atoms with van der Waals surface area (Å²) in [6, 6.07) is 7.40. The maximum absolute atomic E-state index is 12.5. The van der Waals surface area contributed by atoms with Crippen LogP contribution in [0, 0.1) is 17.8 Å². The van der Waals surface area contributed by atoms with Crippen LogP contribution in [-0.4, -0.2) is 49.3 Å². The molecule has 132 valence electrons. The van der Waals surface area contributed by atoms with Gasteiger partial charge in [0.15, 0.2) is 0 Å². The van der Waals surface area contributed by atoms with Crippen LogP contribution in [-0.2, 0) is 4.79 Å². The molecule has 1 aromatic rings. The molecule has 0 heterocycles. The van der Waals surface area contributed by atoms with E-state index in [1.54, 1.807) is 0 Å². The van der Waals surface area contributed by atoms with Gasteiger partial charge in [0.05, 0.1) is 0 Å². The van der Waals surface area contributed by atoms with Crippen LogP contribution >= 0.6 is 0 Å². The van der Waals surface area contributed by atoms with Crippen molar-refractivity contribution in [2.45, 2.75) is 31.8 Å². The number of nitrogens with zero attached hydrogens (tertiary/aromatic N) is 1. The van der Waals surface area contributed by atoms with Gasteiger partial charge in [0.25, 0.3) is 0 Å². The number of hydrogen-bond donors (Lipinski definition) is 2. The largest absolute Gasteiger partial charge is 0.491 e. The summed E-state index contributed by atoms with van der Waals surface area (Å²) in [7, 11) is 3.83. The second-order valence-corrected chi connectivity index (χ2v) is 7.44. The third-order valence-electron chi connectivity index (χ3n) is 4.70. The van der Waals surface area contributed by atoms with Crippen molar-refractivity contribution in [2.24, 2.45) is 17.8 Å². The molecule has 2 N–H and O–H groups in total. The van der Waals surface area contributed by atoms with E-state index in [-0.39, 0.29) is 18.4 Å². The summed E-state index contributed by atoms with van der Waals surface area (Å²) in [6.07, 6.45) is 4.30. The molecule has 5 heteroatoms. The van der Waals surface area contributed by atoms with Crippen molar-refractivity contribution < 1.29 is 14.6 Å². The van der Waals surface area contributed by atoms with Crippen LogP contribution in [0.25, 0.3) is 0 Å². The normalized spacial score (nSPS) is 18.7. The lowest BCUT2D eigenvalue weighted by atomic mass is 9.97. The van der Waals surface area contributed by atoms with Crippen LogP contribution < -0.4 is 10.1 Å². The molecule has 0 spiro atoms. The zero-order valence-corrected chi connectivity index (χ0v) is 14.6. The number of hydrogen-bond acceptors (Lipinski definition) is 4. The molecule has 0 bridgehead atoms. The quantitative estimate of drug-likeness (QED) is 0.729. The molecule has 0 aromatic heterocycles. The Bertz CT molecular complexity index is 538. The van der Waals surface area contributed by atoms with E-state index in [4.69, 9.17) is 4.74 Å². The van der Waals surface area contributed by atoms with Gasteiger partial charge in [-0.3, -0.25) is 4.79 Å². The molecule has 1 atom stereocenters. The summed E-state index contributed by atoms with van der Waals surface area (Å²) in [5.41, 5.74) is 0.812. The maximum Gasteiger partial charge on any atom is 0.228 e. The van der Waals surface area contributed by atoms with E-state index >= 15 is 0 Å². The van der Waals surface area contributed by atoms with Crippen LogP contribution in [0.2, 0.25) is 0 Å². The number of aliphatic hydroxyl groups is 1. The fraction of sp³-hybridized carbons (Fsp3) is 0.632. The Morgan fingerprint density at radius 2 is 1.79 bits per heavy atom.